The maximum Gasteiger partial charge on any atom is 0.268 e. The standard InChI is InChI=1S/C30H32N2O4S/c1-30(2,3)31-29(33)25-17-24(27-10-7-13-37-27)28-23-14-20(18-36-22-9-6-8-21(16-22)34-4)26(35-5)15-19(23)11-12-32(25)28/h6-10,13-17H,11-12,18H2,1-5H3,(H,31,33). The number of fused-ring (bicyclic) bond motifs is 3. The Morgan fingerprint density at radius 3 is 2.51 bits per heavy atom. The van der Waals surface area contributed by atoms with E-state index < -0.39 is 0 Å². The summed E-state index contributed by atoms with van der Waals surface area (Å²) < 4.78 is 19.4. The SMILES string of the molecule is COc1cccc(OCc2cc3c(cc2OC)CCn2c(C(=O)NC(C)(C)C)cc(-c4cccs4)c2-3)c1. The third-order valence-corrected chi connectivity index (χ3v) is 7.31. The molecule has 192 valence electrons. The van der Waals surface area contributed by atoms with Crippen molar-refractivity contribution in [2.75, 3.05) is 14.2 Å². The first kappa shape index (κ1) is 25.0. The van der Waals surface area contributed by atoms with Crippen molar-refractivity contribution in [2.24, 2.45) is 0 Å². The molecule has 0 fully saturated rings. The number of benzene rings is 2. The second-order valence-electron chi connectivity index (χ2n) is 10.2. The molecule has 4 aromatic rings. The van der Waals surface area contributed by atoms with Crippen molar-refractivity contribution in [3.63, 3.8) is 0 Å². The number of methoxy groups -OCH3 is 2. The highest BCUT2D eigenvalue weighted by atomic mass is 32.1. The first-order valence-electron chi connectivity index (χ1n) is 12.3. The molecule has 0 radical (unpaired) electrons. The number of aromatic nitrogens is 1. The van der Waals surface area contributed by atoms with Crippen LogP contribution in [0.25, 0.3) is 21.7 Å². The molecule has 3 heterocycles. The van der Waals surface area contributed by atoms with Gasteiger partial charge in [0.15, 0.2) is 0 Å². The number of carbonyl (C=O) groups excluding carboxylic acids is 1. The lowest BCUT2D eigenvalue weighted by Gasteiger charge is -2.25. The highest BCUT2D eigenvalue weighted by molar-refractivity contribution is 7.13. The molecule has 1 N–H and O–H groups in total. The Morgan fingerprint density at radius 2 is 1.81 bits per heavy atom. The fourth-order valence-corrected chi connectivity index (χ4v) is 5.51. The molecule has 7 heteroatoms. The van der Waals surface area contributed by atoms with E-state index in [2.05, 4.69) is 33.5 Å². The van der Waals surface area contributed by atoms with E-state index in [0.717, 1.165) is 57.5 Å². The van der Waals surface area contributed by atoms with Crippen LogP contribution in [0.15, 0.2) is 60.0 Å². The van der Waals surface area contributed by atoms with Crippen molar-refractivity contribution >= 4 is 17.2 Å². The molecular weight excluding hydrogens is 484 g/mol. The van der Waals surface area contributed by atoms with Gasteiger partial charge in [-0.25, -0.2) is 0 Å². The number of ether oxygens (including phenoxy) is 3. The van der Waals surface area contributed by atoms with Crippen LogP contribution < -0.4 is 19.5 Å². The molecule has 1 aliphatic heterocycles. The molecule has 0 unspecified atom stereocenters. The van der Waals surface area contributed by atoms with Crippen molar-refractivity contribution < 1.29 is 19.0 Å². The van der Waals surface area contributed by atoms with Crippen LogP contribution in [0.1, 0.15) is 42.4 Å². The van der Waals surface area contributed by atoms with Crippen molar-refractivity contribution in [3.8, 4) is 38.9 Å². The zero-order valence-electron chi connectivity index (χ0n) is 21.9. The number of aryl methyl sites for hydroxylation is 1. The predicted molar refractivity (Wildman–Crippen MR) is 148 cm³/mol. The molecule has 1 aliphatic rings. The van der Waals surface area contributed by atoms with Crippen molar-refractivity contribution in [3.05, 3.63) is 76.8 Å². The van der Waals surface area contributed by atoms with Crippen LogP contribution in [-0.4, -0.2) is 30.2 Å². The lowest BCUT2D eigenvalue weighted by molar-refractivity contribution is 0.0910. The van der Waals surface area contributed by atoms with E-state index in [0.29, 0.717) is 12.3 Å². The van der Waals surface area contributed by atoms with Crippen molar-refractivity contribution in [1.29, 1.82) is 0 Å². The average Bonchev–Trinajstić information content (AvgIpc) is 3.54. The lowest BCUT2D eigenvalue weighted by atomic mass is 9.93. The first-order chi connectivity index (χ1) is 17.8. The van der Waals surface area contributed by atoms with Gasteiger partial charge in [0.25, 0.3) is 5.91 Å². The van der Waals surface area contributed by atoms with Crippen molar-refractivity contribution in [1.82, 2.24) is 9.88 Å². The molecule has 0 atom stereocenters. The van der Waals surface area contributed by atoms with E-state index in [1.807, 2.05) is 57.2 Å². The second kappa shape index (κ2) is 9.98. The monoisotopic (exact) mass is 516 g/mol. The lowest BCUT2D eigenvalue weighted by Crippen LogP contribution is -2.41. The molecule has 0 saturated carbocycles. The fraction of sp³-hybridized carbons (Fsp3) is 0.300. The van der Waals surface area contributed by atoms with E-state index in [4.69, 9.17) is 14.2 Å². The molecule has 5 rings (SSSR count). The summed E-state index contributed by atoms with van der Waals surface area (Å²) in [5.74, 6) is 2.21. The van der Waals surface area contributed by atoms with Crippen LogP contribution in [-0.2, 0) is 19.6 Å². The topological polar surface area (TPSA) is 61.7 Å². The number of hydrogen-bond donors (Lipinski definition) is 1. The number of thiophene rings is 1. The van der Waals surface area contributed by atoms with Crippen molar-refractivity contribution in [2.45, 2.75) is 45.9 Å². The molecule has 0 saturated heterocycles. The molecule has 37 heavy (non-hydrogen) atoms. The number of nitrogens with one attached hydrogen (secondary N) is 1. The van der Waals surface area contributed by atoms with E-state index in [-0.39, 0.29) is 11.4 Å². The summed E-state index contributed by atoms with van der Waals surface area (Å²) in [5.41, 5.74) is 5.74. The summed E-state index contributed by atoms with van der Waals surface area (Å²) in [4.78, 5) is 14.5. The summed E-state index contributed by atoms with van der Waals surface area (Å²) in [6, 6.07) is 18.0. The highest BCUT2D eigenvalue weighted by Crippen LogP contribution is 2.43. The molecule has 2 aromatic heterocycles. The predicted octanol–water partition coefficient (Wildman–Crippen LogP) is 6.56. The van der Waals surface area contributed by atoms with E-state index in [9.17, 15) is 4.79 Å². The van der Waals surface area contributed by atoms with Crippen LogP contribution in [0, 0.1) is 0 Å². The Kier molecular flexibility index (Phi) is 6.73. The summed E-state index contributed by atoms with van der Waals surface area (Å²) >= 11 is 1.68. The summed E-state index contributed by atoms with van der Waals surface area (Å²) in [7, 11) is 3.33. The molecule has 0 bridgehead atoms. The number of amides is 1. The minimum Gasteiger partial charge on any atom is -0.497 e. The van der Waals surface area contributed by atoms with Crippen LogP contribution >= 0.6 is 11.3 Å². The van der Waals surface area contributed by atoms with Gasteiger partial charge < -0.3 is 24.1 Å². The average molecular weight is 517 g/mol. The summed E-state index contributed by atoms with van der Waals surface area (Å²) in [6.07, 6.45) is 0.810. The van der Waals surface area contributed by atoms with Gasteiger partial charge in [-0.1, -0.05) is 12.1 Å². The Bertz CT molecular complexity index is 1430. The molecule has 0 spiro atoms. The zero-order chi connectivity index (χ0) is 26.2. The number of rotatable bonds is 7. The minimum absolute atomic E-state index is 0.0601. The summed E-state index contributed by atoms with van der Waals surface area (Å²) in [5, 5.41) is 5.21. The van der Waals surface area contributed by atoms with Gasteiger partial charge in [-0.2, -0.15) is 0 Å². The second-order valence-corrected chi connectivity index (χ2v) is 11.1. The van der Waals surface area contributed by atoms with Gasteiger partial charge in [0.2, 0.25) is 0 Å². The maximum absolute atomic E-state index is 13.3. The van der Waals surface area contributed by atoms with Gasteiger partial charge in [-0.05, 0) is 74.5 Å². The van der Waals surface area contributed by atoms with Gasteiger partial charge >= 0.3 is 0 Å². The van der Waals surface area contributed by atoms with Crippen LogP contribution in [0.4, 0.5) is 0 Å². The van der Waals surface area contributed by atoms with Gasteiger partial charge in [-0.3, -0.25) is 4.79 Å². The minimum atomic E-state index is -0.324. The third-order valence-electron chi connectivity index (χ3n) is 6.41. The Labute approximate surface area is 221 Å². The number of carbonyl (C=O) groups is 1. The van der Waals surface area contributed by atoms with Gasteiger partial charge in [0, 0.05) is 39.7 Å². The largest absolute Gasteiger partial charge is 0.497 e. The third kappa shape index (κ3) is 5.09. The molecule has 6 nitrogen and oxygen atoms in total. The van der Waals surface area contributed by atoms with Gasteiger partial charge in [0.1, 0.15) is 29.5 Å². The van der Waals surface area contributed by atoms with E-state index >= 15 is 0 Å². The fourth-order valence-electron chi connectivity index (χ4n) is 4.77. The van der Waals surface area contributed by atoms with E-state index in [1.165, 1.54) is 5.56 Å². The number of nitrogens with zero attached hydrogens (tertiary/aromatic N) is 1. The number of hydrogen-bond acceptors (Lipinski definition) is 5. The van der Waals surface area contributed by atoms with Crippen LogP contribution in [0.3, 0.4) is 0 Å². The Morgan fingerprint density at radius 1 is 1.00 bits per heavy atom. The van der Waals surface area contributed by atoms with E-state index in [1.54, 1.807) is 25.6 Å². The maximum atomic E-state index is 13.3. The van der Waals surface area contributed by atoms with Crippen LogP contribution in [0.2, 0.25) is 0 Å². The molecule has 2 aromatic carbocycles. The zero-order valence-corrected chi connectivity index (χ0v) is 22.7. The highest BCUT2D eigenvalue weighted by Gasteiger charge is 2.29. The normalized spacial score (nSPS) is 12.5. The molecule has 1 amide bonds. The first-order valence-corrected chi connectivity index (χ1v) is 13.2. The Hall–Kier alpha value is -3.71. The van der Waals surface area contributed by atoms with Crippen LogP contribution in [0.5, 0.6) is 17.2 Å². The molecule has 0 aliphatic carbocycles. The smallest absolute Gasteiger partial charge is 0.268 e. The Balaban J connectivity index is 1.59. The molecular formula is C30H32N2O4S. The van der Waals surface area contributed by atoms with Gasteiger partial charge in [0.05, 0.1) is 19.9 Å². The summed E-state index contributed by atoms with van der Waals surface area (Å²) in [6.45, 7) is 7.07. The quantitative estimate of drug-likeness (QED) is 0.302. The van der Waals surface area contributed by atoms with Gasteiger partial charge in [-0.15, -0.1) is 11.3 Å².